The van der Waals surface area contributed by atoms with Crippen LogP contribution in [0.1, 0.15) is 50.7 Å². The topological polar surface area (TPSA) is 34.0 Å². The van der Waals surface area contributed by atoms with Gasteiger partial charge in [-0.05, 0) is 38.3 Å². The van der Waals surface area contributed by atoms with Crippen molar-refractivity contribution >= 4 is 0 Å². The lowest BCUT2D eigenvalue weighted by molar-refractivity contribution is 0.340. The summed E-state index contributed by atoms with van der Waals surface area (Å²) >= 11 is 0. The van der Waals surface area contributed by atoms with E-state index in [0.717, 1.165) is 24.7 Å². The fourth-order valence-electron chi connectivity index (χ4n) is 3.32. The van der Waals surface area contributed by atoms with E-state index in [9.17, 15) is 0 Å². The van der Waals surface area contributed by atoms with Crippen molar-refractivity contribution in [2.45, 2.75) is 52.0 Å². The minimum Gasteiger partial charge on any atom is -0.303 e. The Bertz CT molecular complexity index is 412. The Morgan fingerprint density at radius 1 is 1.28 bits per heavy atom. The Balaban J connectivity index is 1.67. The zero-order valence-electron chi connectivity index (χ0n) is 11.6. The van der Waals surface area contributed by atoms with Crippen LogP contribution in [0.15, 0.2) is 0 Å². The Kier molecular flexibility index (Phi) is 3.37. The van der Waals surface area contributed by atoms with Crippen LogP contribution < -0.4 is 0 Å². The quantitative estimate of drug-likeness (QED) is 0.821. The maximum atomic E-state index is 4.78. The Morgan fingerprint density at radius 2 is 2.17 bits per heavy atom. The summed E-state index contributed by atoms with van der Waals surface area (Å²) < 4.78 is 2.15. The molecule has 3 heterocycles. The van der Waals surface area contributed by atoms with E-state index in [1.165, 1.54) is 44.7 Å². The number of nitrogens with zero attached hydrogens (tertiary/aromatic N) is 4. The third kappa shape index (κ3) is 2.30. The lowest BCUT2D eigenvalue weighted by Gasteiger charge is -2.17. The molecule has 0 bridgehead atoms. The standard InChI is InChI=1S/C14H24N4/c1-3-17-8-6-12(10-17)9-13-15-14-11(2)5-4-7-18(14)16-13/h11-12H,3-10H2,1-2H3. The van der Waals surface area contributed by atoms with E-state index in [-0.39, 0.29) is 0 Å². The lowest BCUT2D eigenvalue weighted by Crippen LogP contribution is -2.20. The van der Waals surface area contributed by atoms with Gasteiger partial charge in [0.15, 0.2) is 5.82 Å². The zero-order chi connectivity index (χ0) is 12.5. The maximum Gasteiger partial charge on any atom is 0.151 e. The molecule has 0 aliphatic carbocycles. The average molecular weight is 248 g/mol. The van der Waals surface area contributed by atoms with E-state index < -0.39 is 0 Å². The highest BCUT2D eigenvalue weighted by Gasteiger charge is 2.25. The van der Waals surface area contributed by atoms with E-state index in [1.807, 2.05) is 0 Å². The summed E-state index contributed by atoms with van der Waals surface area (Å²) in [5.41, 5.74) is 0. The molecule has 100 valence electrons. The number of aromatic nitrogens is 3. The summed E-state index contributed by atoms with van der Waals surface area (Å²) in [4.78, 5) is 7.31. The predicted octanol–water partition coefficient (Wildman–Crippen LogP) is 2.06. The summed E-state index contributed by atoms with van der Waals surface area (Å²) in [6, 6.07) is 0. The largest absolute Gasteiger partial charge is 0.303 e. The summed E-state index contributed by atoms with van der Waals surface area (Å²) in [6.45, 7) is 9.26. The highest BCUT2D eigenvalue weighted by Crippen LogP contribution is 2.26. The molecule has 18 heavy (non-hydrogen) atoms. The van der Waals surface area contributed by atoms with Crippen molar-refractivity contribution in [1.82, 2.24) is 19.7 Å². The molecule has 1 aromatic rings. The summed E-state index contributed by atoms with van der Waals surface area (Å²) in [6.07, 6.45) is 4.91. The van der Waals surface area contributed by atoms with Gasteiger partial charge in [0.05, 0.1) is 0 Å². The van der Waals surface area contributed by atoms with E-state index >= 15 is 0 Å². The third-order valence-electron chi connectivity index (χ3n) is 4.48. The molecule has 1 aromatic heterocycles. The minimum absolute atomic E-state index is 0.593. The molecule has 2 aliphatic heterocycles. The van der Waals surface area contributed by atoms with E-state index in [2.05, 4.69) is 23.4 Å². The average Bonchev–Trinajstić information content (AvgIpc) is 2.96. The van der Waals surface area contributed by atoms with Crippen LogP contribution in [0.4, 0.5) is 0 Å². The normalized spacial score (nSPS) is 28.6. The van der Waals surface area contributed by atoms with Crippen LogP contribution in [0.5, 0.6) is 0 Å². The van der Waals surface area contributed by atoms with E-state index in [0.29, 0.717) is 5.92 Å². The van der Waals surface area contributed by atoms with Gasteiger partial charge in [-0.1, -0.05) is 13.8 Å². The van der Waals surface area contributed by atoms with Gasteiger partial charge >= 0.3 is 0 Å². The van der Waals surface area contributed by atoms with Gasteiger partial charge in [0.25, 0.3) is 0 Å². The maximum absolute atomic E-state index is 4.78. The van der Waals surface area contributed by atoms with Crippen molar-refractivity contribution in [3.8, 4) is 0 Å². The zero-order valence-corrected chi connectivity index (χ0v) is 11.6. The highest BCUT2D eigenvalue weighted by molar-refractivity contribution is 5.02. The molecular formula is C14H24N4. The molecule has 2 aliphatic rings. The monoisotopic (exact) mass is 248 g/mol. The van der Waals surface area contributed by atoms with Gasteiger partial charge in [0.2, 0.25) is 0 Å². The molecule has 2 atom stereocenters. The molecule has 4 nitrogen and oxygen atoms in total. The fourth-order valence-corrected chi connectivity index (χ4v) is 3.32. The van der Waals surface area contributed by atoms with Crippen molar-refractivity contribution in [3.05, 3.63) is 11.6 Å². The van der Waals surface area contributed by atoms with Gasteiger partial charge in [-0.25, -0.2) is 9.67 Å². The highest BCUT2D eigenvalue weighted by atomic mass is 15.4. The van der Waals surface area contributed by atoms with Crippen LogP contribution in [0, 0.1) is 5.92 Å². The van der Waals surface area contributed by atoms with Crippen LogP contribution in [-0.4, -0.2) is 39.3 Å². The molecule has 4 heteroatoms. The van der Waals surface area contributed by atoms with Crippen molar-refractivity contribution in [2.75, 3.05) is 19.6 Å². The molecule has 1 fully saturated rings. The van der Waals surface area contributed by atoms with Gasteiger partial charge in [-0.15, -0.1) is 0 Å². The molecule has 0 saturated carbocycles. The number of hydrogen-bond acceptors (Lipinski definition) is 3. The Labute approximate surface area is 109 Å². The van der Waals surface area contributed by atoms with Crippen molar-refractivity contribution in [3.63, 3.8) is 0 Å². The molecule has 0 N–H and O–H groups in total. The van der Waals surface area contributed by atoms with Gasteiger partial charge < -0.3 is 4.90 Å². The van der Waals surface area contributed by atoms with Gasteiger partial charge in [0.1, 0.15) is 5.82 Å². The van der Waals surface area contributed by atoms with Gasteiger partial charge in [-0.2, -0.15) is 5.10 Å². The first-order valence-corrected chi connectivity index (χ1v) is 7.42. The van der Waals surface area contributed by atoms with Crippen molar-refractivity contribution in [2.24, 2.45) is 5.92 Å². The first-order chi connectivity index (χ1) is 8.76. The summed E-state index contributed by atoms with van der Waals surface area (Å²) in [5.74, 6) is 3.67. The van der Waals surface area contributed by atoms with Crippen molar-refractivity contribution < 1.29 is 0 Å². The predicted molar refractivity (Wildman–Crippen MR) is 71.6 cm³/mol. The van der Waals surface area contributed by atoms with Crippen LogP contribution >= 0.6 is 0 Å². The second-order valence-electron chi connectivity index (χ2n) is 5.90. The van der Waals surface area contributed by atoms with Crippen LogP contribution in [-0.2, 0) is 13.0 Å². The Morgan fingerprint density at radius 3 is 2.89 bits per heavy atom. The SMILES string of the molecule is CCN1CCC(Cc2nc3n(n2)CCCC3C)C1. The number of aryl methyl sites for hydroxylation is 1. The molecular weight excluding hydrogens is 224 g/mol. The molecule has 0 amide bonds. The first-order valence-electron chi connectivity index (χ1n) is 7.42. The van der Waals surface area contributed by atoms with Gasteiger partial charge in [0, 0.05) is 25.4 Å². The molecule has 0 aromatic carbocycles. The second kappa shape index (κ2) is 5.00. The van der Waals surface area contributed by atoms with E-state index in [1.54, 1.807) is 0 Å². The third-order valence-corrected chi connectivity index (χ3v) is 4.48. The fraction of sp³-hybridized carbons (Fsp3) is 0.857. The first kappa shape index (κ1) is 12.2. The van der Waals surface area contributed by atoms with Crippen LogP contribution in [0.3, 0.4) is 0 Å². The molecule has 0 spiro atoms. The van der Waals surface area contributed by atoms with Crippen molar-refractivity contribution in [1.29, 1.82) is 0 Å². The van der Waals surface area contributed by atoms with Crippen LogP contribution in [0.25, 0.3) is 0 Å². The molecule has 0 radical (unpaired) electrons. The molecule has 2 unspecified atom stereocenters. The second-order valence-corrected chi connectivity index (χ2v) is 5.90. The van der Waals surface area contributed by atoms with Gasteiger partial charge in [-0.3, -0.25) is 0 Å². The number of fused-ring (bicyclic) bond motifs is 1. The minimum atomic E-state index is 0.593. The molecule has 1 saturated heterocycles. The summed E-state index contributed by atoms with van der Waals surface area (Å²) in [7, 11) is 0. The summed E-state index contributed by atoms with van der Waals surface area (Å²) in [5, 5.41) is 4.70. The molecule has 3 rings (SSSR count). The number of hydrogen-bond donors (Lipinski definition) is 0. The lowest BCUT2D eigenvalue weighted by atomic mass is 10.0. The number of likely N-dealkylation sites (tertiary alicyclic amines) is 1. The van der Waals surface area contributed by atoms with Crippen LogP contribution in [0.2, 0.25) is 0 Å². The smallest absolute Gasteiger partial charge is 0.151 e. The number of rotatable bonds is 3. The van der Waals surface area contributed by atoms with E-state index in [4.69, 9.17) is 10.1 Å². The Hall–Kier alpha value is -0.900.